The lowest BCUT2D eigenvalue weighted by molar-refractivity contribution is 0.110. The summed E-state index contributed by atoms with van der Waals surface area (Å²) in [4.78, 5) is 13.7. The van der Waals surface area contributed by atoms with E-state index in [0.29, 0.717) is 0 Å². The molecule has 1 aromatic rings. The van der Waals surface area contributed by atoms with E-state index in [1.165, 1.54) is 0 Å². The molecule has 0 aliphatic carbocycles. The van der Waals surface area contributed by atoms with Gasteiger partial charge in [0.2, 0.25) is 0 Å². The van der Waals surface area contributed by atoms with Gasteiger partial charge in [0.1, 0.15) is 11.6 Å². The minimum Gasteiger partial charge on any atom is -0.506 e. The number of rotatable bonds is 2. The van der Waals surface area contributed by atoms with Gasteiger partial charge in [0.05, 0.1) is 17.3 Å². The number of aromatic hydroxyl groups is 1. The molecule has 0 spiro atoms. The molecule has 70 valence electrons. The molecule has 1 rings (SSSR count). The van der Waals surface area contributed by atoms with E-state index in [1.807, 2.05) is 0 Å². The van der Waals surface area contributed by atoms with Gasteiger partial charge in [-0.3, -0.25) is 4.79 Å². The first-order chi connectivity index (χ1) is 6.07. The molecule has 0 aliphatic heterocycles. The second kappa shape index (κ2) is 3.34. The van der Waals surface area contributed by atoms with Gasteiger partial charge in [0.25, 0.3) is 6.43 Å². The van der Waals surface area contributed by atoms with Gasteiger partial charge < -0.3 is 10.8 Å². The zero-order valence-electron chi connectivity index (χ0n) is 6.37. The van der Waals surface area contributed by atoms with Crippen LogP contribution in [0.3, 0.4) is 0 Å². The van der Waals surface area contributed by atoms with Crippen LogP contribution in [0.5, 0.6) is 5.75 Å². The number of anilines is 1. The third-order valence-corrected chi connectivity index (χ3v) is 1.50. The standard InChI is InChI=1S/C7H6F2N2O2/c8-6(9)5-3(2-12)7(10)11-1-4(5)13/h1-2,6,13H,(H2,10,11). The van der Waals surface area contributed by atoms with Crippen molar-refractivity contribution in [3.8, 4) is 5.75 Å². The molecule has 4 nitrogen and oxygen atoms in total. The van der Waals surface area contributed by atoms with Gasteiger partial charge in [-0.2, -0.15) is 0 Å². The third-order valence-electron chi connectivity index (χ3n) is 1.50. The number of nitrogens with two attached hydrogens (primary N) is 1. The molecule has 0 aromatic carbocycles. The summed E-state index contributed by atoms with van der Waals surface area (Å²) in [5.74, 6) is -1.05. The van der Waals surface area contributed by atoms with E-state index >= 15 is 0 Å². The van der Waals surface area contributed by atoms with Crippen LogP contribution in [0.2, 0.25) is 0 Å². The highest BCUT2D eigenvalue weighted by Crippen LogP contribution is 2.31. The third kappa shape index (κ3) is 1.56. The molecule has 0 fully saturated rings. The largest absolute Gasteiger partial charge is 0.506 e. The number of halogens is 2. The summed E-state index contributed by atoms with van der Waals surface area (Å²) >= 11 is 0. The monoisotopic (exact) mass is 188 g/mol. The molecule has 0 saturated carbocycles. The van der Waals surface area contributed by atoms with Crippen molar-refractivity contribution in [1.29, 1.82) is 0 Å². The summed E-state index contributed by atoms with van der Waals surface area (Å²) in [7, 11) is 0. The second-order valence-electron chi connectivity index (χ2n) is 2.27. The van der Waals surface area contributed by atoms with Gasteiger partial charge >= 0.3 is 0 Å². The van der Waals surface area contributed by atoms with Crippen molar-refractivity contribution in [1.82, 2.24) is 4.98 Å². The topological polar surface area (TPSA) is 76.2 Å². The van der Waals surface area contributed by atoms with Gasteiger partial charge in [0.15, 0.2) is 6.29 Å². The number of carbonyl (C=O) groups excluding carboxylic acids is 1. The first-order valence-corrected chi connectivity index (χ1v) is 3.28. The van der Waals surface area contributed by atoms with Crippen molar-refractivity contribution in [2.45, 2.75) is 6.43 Å². The number of nitrogen functional groups attached to an aromatic ring is 1. The molecule has 0 saturated heterocycles. The number of alkyl halides is 2. The van der Waals surface area contributed by atoms with E-state index in [0.717, 1.165) is 6.20 Å². The quantitative estimate of drug-likeness (QED) is 0.682. The van der Waals surface area contributed by atoms with Crippen LogP contribution in [-0.2, 0) is 0 Å². The Balaban J connectivity index is 3.43. The number of hydrogen-bond acceptors (Lipinski definition) is 4. The Kier molecular flexibility index (Phi) is 2.41. The zero-order chi connectivity index (χ0) is 10.0. The van der Waals surface area contributed by atoms with Gasteiger partial charge in [-0.25, -0.2) is 13.8 Å². The van der Waals surface area contributed by atoms with Crippen LogP contribution < -0.4 is 5.73 Å². The number of hydrogen-bond donors (Lipinski definition) is 2. The van der Waals surface area contributed by atoms with Crippen LogP contribution >= 0.6 is 0 Å². The van der Waals surface area contributed by atoms with Crippen molar-refractivity contribution in [2.75, 3.05) is 5.73 Å². The van der Waals surface area contributed by atoms with Crippen LogP contribution in [-0.4, -0.2) is 16.4 Å². The Morgan fingerprint density at radius 3 is 2.62 bits per heavy atom. The van der Waals surface area contributed by atoms with Crippen LogP contribution in [0, 0.1) is 0 Å². The summed E-state index contributed by atoms with van der Waals surface area (Å²) in [5.41, 5.74) is 3.91. The summed E-state index contributed by atoms with van der Waals surface area (Å²) in [5, 5.41) is 8.96. The number of aldehydes is 1. The van der Waals surface area contributed by atoms with Gasteiger partial charge in [-0.1, -0.05) is 0 Å². The fraction of sp³-hybridized carbons (Fsp3) is 0.143. The summed E-state index contributed by atoms with van der Waals surface area (Å²) in [6, 6.07) is 0. The average molecular weight is 188 g/mol. The molecule has 3 N–H and O–H groups in total. The number of carbonyl (C=O) groups is 1. The van der Waals surface area contributed by atoms with E-state index in [1.54, 1.807) is 0 Å². The van der Waals surface area contributed by atoms with Gasteiger partial charge in [-0.05, 0) is 0 Å². The molecular weight excluding hydrogens is 182 g/mol. The van der Waals surface area contributed by atoms with Crippen molar-refractivity contribution in [3.05, 3.63) is 17.3 Å². The molecule has 0 unspecified atom stereocenters. The molecule has 0 bridgehead atoms. The first kappa shape index (κ1) is 9.37. The minimum atomic E-state index is -2.95. The average Bonchev–Trinajstić information content (AvgIpc) is 2.07. The second-order valence-corrected chi connectivity index (χ2v) is 2.27. The van der Waals surface area contributed by atoms with E-state index < -0.39 is 23.3 Å². The van der Waals surface area contributed by atoms with Crippen LogP contribution in [0.1, 0.15) is 22.3 Å². The maximum atomic E-state index is 12.3. The van der Waals surface area contributed by atoms with Crippen molar-refractivity contribution >= 4 is 12.1 Å². The van der Waals surface area contributed by atoms with Crippen molar-refractivity contribution < 1.29 is 18.7 Å². The van der Waals surface area contributed by atoms with Crippen LogP contribution in [0.4, 0.5) is 14.6 Å². The highest BCUT2D eigenvalue weighted by molar-refractivity contribution is 5.85. The van der Waals surface area contributed by atoms with Crippen molar-refractivity contribution in [3.63, 3.8) is 0 Å². The van der Waals surface area contributed by atoms with Crippen molar-refractivity contribution in [2.24, 2.45) is 0 Å². The SMILES string of the molecule is Nc1ncc(O)c(C(F)F)c1C=O. The minimum absolute atomic E-state index is 0.142. The normalized spacial score (nSPS) is 10.4. The Morgan fingerprint density at radius 2 is 2.23 bits per heavy atom. The molecule has 0 atom stereocenters. The fourth-order valence-electron chi connectivity index (χ4n) is 0.899. The first-order valence-electron chi connectivity index (χ1n) is 3.28. The maximum absolute atomic E-state index is 12.3. The lowest BCUT2D eigenvalue weighted by Crippen LogP contribution is -2.02. The van der Waals surface area contributed by atoms with Gasteiger partial charge in [0, 0.05) is 0 Å². The molecule has 0 radical (unpaired) electrons. The molecule has 13 heavy (non-hydrogen) atoms. The Hall–Kier alpha value is -1.72. The molecule has 0 amide bonds. The van der Waals surface area contributed by atoms with E-state index in [4.69, 9.17) is 10.8 Å². The summed E-state index contributed by atoms with van der Waals surface area (Å²) < 4.78 is 24.5. The fourth-order valence-corrected chi connectivity index (χ4v) is 0.899. The van der Waals surface area contributed by atoms with Crippen LogP contribution in [0.25, 0.3) is 0 Å². The van der Waals surface area contributed by atoms with E-state index in [2.05, 4.69) is 4.98 Å². The number of aromatic nitrogens is 1. The molecule has 1 aromatic heterocycles. The van der Waals surface area contributed by atoms with E-state index in [9.17, 15) is 13.6 Å². The Labute approximate surface area is 72.0 Å². The smallest absolute Gasteiger partial charge is 0.268 e. The van der Waals surface area contributed by atoms with Crippen LogP contribution in [0.15, 0.2) is 6.20 Å². The summed E-state index contributed by atoms with van der Waals surface area (Å²) in [6.07, 6.45) is -2.03. The highest BCUT2D eigenvalue weighted by Gasteiger charge is 2.20. The van der Waals surface area contributed by atoms with Gasteiger partial charge in [-0.15, -0.1) is 0 Å². The van der Waals surface area contributed by atoms with E-state index in [-0.39, 0.29) is 12.1 Å². The molecule has 1 heterocycles. The molecular formula is C7H6F2N2O2. The zero-order valence-corrected chi connectivity index (χ0v) is 6.37. The lowest BCUT2D eigenvalue weighted by Gasteiger charge is -2.07. The maximum Gasteiger partial charge on any atom is 0.268 e. The predicted molar refractivity (Wildman–Crippen MR) is 40.7 cm³/mol. The predicted octanol–water partition coefficient (Wildman–Crippen LogP) is 1.12. The molecule has 6 heteroatoms. The Morgan fingerprint density at radius 1 is 1.62 bits per heavy atom. The lowest BCUT2D eigenvalue weighted by atomic mass is 10.1. The summed E-state index contributed by atoms with van der Waals surface area (Å²) in [6.45, 7) is 0. The number of pyridine rings is 1. The number of nitrogens with zero attached hydrogens (tertiary/aromatic N) is 1. The highest BCUT2D eigenvalue weighted by atomic mass is 19.3. The molecule has 0 aliphatic rings. The Bertz CT molecular complexity index is 342.